The first kappa shape index (κ1) is 11.2. The predicted octanol–water partition coefficient (Wildman–Crippen LogP) is 3.39. The molecule has 1 aromatic carbocycles. The molecule has 0 aliphatic carbocycles. The fourth-order valence-electron chi connectivity index (χ4n) is 2.56. The first-order valence-corrected chi connectivity index (χ1v) is 6.92. The highest BCUT2D eigenvalue weighted by Crippen LogP contribution is 2.28. The van der Waals surface area contributed by atoms with Crippen LogP contribution in [0.4, 0.5) is 0 Å². The van der Waals surface area contributed by atoms with E-state index in [9.17, 15) is 0 Å². The average Bonchev–Trinajstić information content (AvgIpc) is 2.72. The quantitative estimate of drug-likeness (QED) is 0.846. The fraction of sp³-hybridized carbons (Fsp3) is 0.462. The van der Waals surface area contributed by atoms with Crippen LogP contribution < -0.4 is 5.32 Å². The Balaban J connectivity index is 1.99. The lowest BCUT2D eigenvalue weighted by Crippen LogP contribution is -2.33. The summed E-state index contributed by atoms with van der Waals surface area (Å²) in [5.74, 6) is 1.72. The van der Waals surface area contributed by atoms with Crippen molar-refractivity contribution in [1.29, 1.82) is 0 Å². The highest BCUT2D eigenvalue weighted by Gasteiger charge is 2.24. The summed E-state index contributed by atoms with van der Waals surface area (Å²) in [5, 5.41) is 3.56. The number of piperidine rings is 1. The lowest BCUT2D eigenvalue weighted by molar-refractivity contribution is 0.296. The Hall–Kier alpha value is -0.870. The van der Waals surface area contributed by atoms with Gasteiger partial charge >= 0.3 is 0 Å². The zero-order chi connectivity index (χ0) is 11.8. The number of imidazole rings is 1. The molecule has 1 aliphatic rings. The third-order valence-electron chi connectivity index (χ3n) is 3.53. The molecule has 0 amide bonds. The van der Waals surface area contributed by atoms with E-state index in [1.54, 1.807) is 0 Å². The van der Waals surface area contributed by atoms with Gasteiger partial charge in [0, 0.05) is 4.47 Å². The molecule has 2 aromatic rings. The Labute approximate surface area is 109 Å². The van der Waals surface area contributed by atoms with Crippen molar-refractivity contribution < 1.29 is 0 Å². The van der Waals surface area contributed by atoms with E-state index in [1.165, 1.54) is 12.8 Å². The first-order chi connectivity index (χ1) is 8.24. The van der Waals surface area contributed by atoms with Crippen molar-refractivity contribution in [2.75, 3.05) is 6.54 Å². The van der Waals surface area contributed by atoms with Crippen molar-refractivity contribution in [3.63, 3.8) is 0 Å². The van der Waals surface area contributed by atoms with E-state index in [-0.39, 0.29) is 0 Å². The van der Waals surface area contributed by atoms with Crippen LogP contribution in [0.2, 0.25) is 0 Å². The molecule has 2 N–H and O–H groups in total. The number of halogens is 1. The van der Waals surface area contributed by atoms with Gasteiger partial charge in [0.15, 0.2) is 0 Å². The Morgan fingerprint density at radius 3 is 3.12 bits per heavy atom. The number of benzene rings is 1. The smallest absolute Gasteiger partial charge is 0.124 e. The number of hydrogen-bond acceptors (Lipinski definition) is 2. The zero-order valence-electron chi connectivity index (χ0n) is 9.83. The number of nitrogens with one attached hydrogen (secondary N) is 2. The maximum absolute atomic E-state index is 4.69. The molecule has 4 heteroatoms. The van der Waals surface area contributed by atoms with Gasteiger partial charge in [-0.15, -0.1) is 0 Å². The Morgan fingerprint density at radius 1 is 1.41 bits per heavy atom. The van der Waals surface area contributed by atoms with Crippen molar-refractivity contribution in [3.05, 3.63) is 28.5 Å². The summed E-state index contributed by atoms with van der Waals surface area (Å²) in [6.07, 6.45) is 2.54. The third-order valence-corrected chi connectivity index (χ3v) is 4.02. The number of aromatic amines is 1. The number of fused-ring (bicyclic) bond motifs is 1. The third kappa shape index (κ3) is 2.11. The molecule has 3 nitrogen and oxygen atoms in total. The van der Waals surface area contributed by atoms with Crippen molar-refractivity contribution in [1.82, 2.24) is 15.3 Å². The molecule has 1 aliphatic heterocycles. The SMILES string of the molecule is CC1CCCNC1c1nc2ccc(Br)cc2[nH]1. The summed E-state index contributed by atoms with van der Waals surface area (Å²) < 4.78 is 1.09. The van der Waals surface area contributed by atoms with E-state index in [1.807, 2.05) is 12.1 Å². The van der Waals surface area contributed by atoms with Gasteiger partial charge in [0.05, 0.1) is 17.1 Å². The van der Waals surface area contributed by atoms with Crippen molar-refractivity contribution >= 4 is 27.0 Å². The molecule has 1 saturated heterocycles. The molecule has 0 bridgehead atoms. The molecule has 90 valence electrons. The number of nitrogens with zero attached hydrogens (tertiary/aromatic N) is 1. The molecule has 2 unspecified atom stereocenters. The van der Waals surface area contributed by atoms with Gasteiger partial charge in [0.1, 0.15) is 5.82 Å². The normalized spacial score (nSPS) is 25.3. The van der Waals surface area contributed by atoms with Gasteiger partial charge in [0.25, 0.3) is 0 Å². The minimum absolute atomic E-state index is 0.370. The van der Waals surface area contributed by atoms with Gasteiger partial charge < -0.3 is 10.3 Å². The Kier molecular flexibility index (Phi) is 2.92. The van der Waals surface area contributed by atoms with E-state index in [0.29, 0.717) is 12.0 Å². The maximum Gasteiger partial charge on any atom is 0.124 e. The average molecular weight is 294 g/mol. The van der Waals surface area contributed by atoms with Gasteiger partial charge in [-0.1, -0.05) is 22.9 Å². The summed E-state index contributed by atoms with van der Waals surface area (Å²) in [6.45, 7) is 3.38. The van der Waals surface area contributed by atoms with E-state index in [2.05, 4.69) is 44.2 Å². The van der Waals surface area contributed by atoms with Crippen LogP contribution in [0.3, 0.4) is 0 Å². The molecule has 3 rings (SSSR count). The molecular formula is C13H16BrN3. The lowest BCUT2D eigenvalue weighted by atomic mass is 9.92. The summed E-state index contributed by atoms with van der Waals surface area (Å²) >= 11 is 3.49. The standard InChI is InChI=1S/C13H16BrN3/c1-8-3-2-6-15-12(8)13-16-10-5-4-9(14)7-11(10)17-13/h4-5,7-8,12,15H,2-3,6H2,1H3,(H,16,17). The number of rotatable bonds is 1. The monoisotopic (exact) mass is 293 g/mol. The number of aromatic nitrogens is 2. The Morgan fingerprint density at radius 2 is 2.29 bits per heavy atom. The Bertz CT molecular complexity index is 534. The van der Waals surface area contributed by atoms with E-state index < -0.39 is 0 Å². The van der Waals surface area contributed by atoms with Crippen LogP contribution in [0.1, 0.15) is 31.6 Å². The minimum Gasteiger partial charge on any atom is -0.341 e. The largest absolute Gasteiger partial charge is 0.341 e. The van der Waals surface area contributed by atoms with Gasteiger partial charge in [0.2, 0.25) is 0 Å². The van der Waals surface area contributed by atoms with Crippen molar-refractivity contribution in [3.8, 4) is 0 Å². The molecule has 0 spiro atoms. The van der Waals surface area contributed by atoms with Crippen molar-refractivity contribution in [2.24, 2.45) is 5.92 Å². The van der Waals surface area contributed by atoms with E-state index >= 15 is 0 Å². The van der Waals surface area contributed by atoms with Gasteiger partial charge in [-0.05, 0) is 43.5 Å². The minimum atomic E-state index is 0.370. The van der Waals surface area contributed by atoms with Gasteiger partial charge in [-0.2, -0.15) is 0 Å². The molecule has 1 aromatic heterocycles. The zero-order valence-corrected chi connectivity index (χ0v) is 11.4. The molecule has 0 radical (unpaired) electrons. The summed E-state index contributed by atoms with van der Waals surface area (Å²) in [6, 6.07) is 6.53. The summed E-state index contributed by atoms with van der Waals surface area (Å²) in [7, 11) is 0. The molecular weight excluding hydrogens is 278 g/mol. The molecule has 2 atom stereocenters. The van der Waals surface area contributed by atoms with Gasteiger partial charge in [-0.25, -0.2) is 4.98 Å². The second-order valence-electron chi connectivity index (χ2n) is 4.83. The lowest BCUT2D eigenvalue weighted by Gasteiger charge is -2.28. The molecule has 1 fully saturated rings. The first-order valence-electron chi connectivity index (χ1n) is 6.12. The molecule has 17 heavy (non-hydrogen) atoms. The van der Waals surface area contributed by atoms with Crippen LogP contribution in [0.15, 0.2) is 22.7 Å². The summed E-state index contributed by atoms with van der Waals surface area (Å²) in [5.41, 5.74) is 2.15. The van der Waals surface area contributed by atoms with Crippen LogP contribution in [0, 0.1) is 5.92 Å². The van der Waals surface area contributed by atoms with Crippen LogP contribution in [0.5, 0.6) is 0 Å². The molecule has 0 saturated carbocycles. The van der Waals surface area contributed by atoms with Crippen LogP contribution >= 0.6 is 15.9 Å². The summed E-state index contributed by atoms with van der Waals surface area (Å²) in [4.78, 5) is 8.12. The predicted molar refractivity (Wildman–Crippen MR) is 72.9 cm³/mol. The second-order valence-corrected chi connectivity index (χ2v) is 5.75. The van der Waals surface area contributed by atoms with Crippen LogP contribution in [-0.4, -0.2) is 16.5 Å². The maximum atomic E-state index is 4.69. The molecule has 2 heterocycles. The highest BCUT2D eigenvalue weighted by atomic mass is 79.9. The van der Waals surface area contributed by atoms with E-state index in [0.717, 1.165) is 27.9 Å². The fourth-order valence-corrected chi connectivity index (χ4v) is 2.93. The second kappa shape index (κ2) is 4.42. The number of H-pyrrole nitrogens is 1. The van der Waals surface area contributed by atoms with Crippen LogP contribution in [0.25, 0.3) is 11.0 Å². The van der Waals surface area contributed by atoms with Gasteiger partial charge in [-0.3, -0.25) is 0 Å². The van der Waals surface area contributed by atoms with E-state index in [4.69, 9.17) is 0 Å². The van der Waals surface area contributed by atoms with Crippen molar-refractivity contribution in [2.45, 2.75) is 25.8 Å². The highest BCUT2D eigenvalue weighted by molar-refractivity contribution is 9.10. The topological polar surface area (TPSA) is 40.7 Å². The van der Waals surface area contributed by atoms with Crippen LogP contribution in [-0.2, 0) is 0 Å². The number of hydrogen-bond donors (Lipinski definition) is 2.